The van der Waals surface area contributed by atoms with Gasteiger partial charge in [0, 0.05) is 9.75 Å². The molecule has 1 atom stereocenters. The molecular weight excluding hydrogens is 434 g/mol. The molecule has 4 rings (SSSR count). The molecule has 1 aromatic carbocycles. The quantitative estimate of drug-likeness (QED) is 0.330. The van der Waals surface area contributed by atoms with Gasteiger partial charge in [-0.25, -0.2) is 0 Å². The fraction of sp³-hybridized carbons (Fsp3) is 0.217. The SMILES string of the molecule is COc1ccc(OC)c(/C(O)=C2\C(=O)C(=O)N(Cc3cccs3)C2c2sccc2C)c1. The zero-order valence-corrected chi connectivity index (χ0v) is 18.9. The normalized spacial score (nSPS) is 17.9. The van der Waals surface area contributed by atoms with Crippen molar-refractivity contribution >= 4 is 40.1 Å². The van der Waals surface area contributed by atoms with Crippen molar-refractivity contribution in [1.29, 1.82) is 0 Å². The zero-order chi connectivity index (χ0) is 22.1. The molecular formula is C23H21NO5S2. The molecule has 0 radical (unpaired) electrons. The Kier molecular flexibility index (Phi) is 5.84. The molecule has 2 aromatic heterocycles. The molecule has 8 heteroatoms. The second-order valence-electron chi connectivity index (χ2n) is 7.04. The van der Waals surface area contributed by atoms with E-state index in [1.165, 1.54) is 41.8 Å². The Hall–Kier alpha value is -3.10. The van der Waals surface area contributed by atoms with Crippen LogP contribution in [0.2, 0.25) is 0 Å². The number of Topliss-reactive ketones (excluding diaryl/α,β-unsaturated/α-hetero) is 1. The fourth-order valence-corrected chi connectivity index (χ4v) is 5.44. The third-order valence-corrected chi connectivity index (χ3v) is 7.19. The maximum Gasteiger partial charge on any atom is 0.296 e. The number of aryl methyl sites for hydroxylation is 1. The van der Waals surface area contributed by atoms with Crippen LogP contribution in [0.25, 0.3) is 5.76 Å². The van der Waals surface area contributed by atoms with Crippen molar-refractivity contribution in [3.8, 4) is 11.5 Å². The third kappa shape index (κ3) is 3.73. The topological polar surface area (TPSA) is 76.1 Å². The number of hydrogen-bond donors (Lipinski definition) is 1. The molecule has 160 valence electrons. The average Bonchev–Trinajstić information content (AvgIpc) is 3.50. The Morgan fingerprint density at radius 2 is 1.90 bits per heavy atom. The monoisotopic (exact) mass is 455 g/mol. The van der Waals surface area contributed by atoms with Crippen molar-refractivity contribution in [3.05, 3.63) is 73.6 Å². The van der Waals surface area contributed by atoms with Gasteiger partial charge in [-0.15, -0.1) is 22.7 Å². The van der Waals surface area contributed by atoms with Gasteiger partial charge in [0.1, 0.15) is 23.3 Å². The Morgan fingerprint density at radius 3 is 2.52 bits per heavy atom. The van der Waals surface area contributed by atoms with E-state index in [1.807, 2.05) is 35.9 Å². The number of carbonyl (C=O) groups is 2. The van der Waals surface area contributed by atoms with Gasteiger partial charge < -0.3 is 19.5 Å². The van der Waals surface area contributed by atoms with Crippen LogP contribution in [-0.4, -0.2) is 35.9 Å². The molecule has 1 aliphatic heterocycles. The van der Waals surface area contributed by atoms with Crippen molar-refractivity contribution in [1.82, 2.24) is 4.90 Å². The molecule has 0 spiro atoms. The number of ketones is 1. The first-order valence-electron chi connectivity index (χ1n) is 9.53. The first-order valence-corrected chi connectivity index (χ1v) is 11.3. The summed E-state index contributed by atoms with van der Waals surface area (Å²) in [5.74, 6) is -0.740. The Balaban J connectivity index is 1.91. The number of aliphatic hydroxyl groups excluding tert-OH is 1. The van der Waals surface area contributed by atoms with Gasteiger partial charge in [0.15, 0.2) is 0 Å². The molecule has 0 saturated carbocycles. The Labute approximate surface area is 188 Å². The molecule has 0 bridgehead atoms. The summed E-state index contributed by atoms with van der Waals surface area (Å²) < 4.78 is 10.7. The van der Waals surface area contributed by atoms with Gasteiger partial charge in [-0.2, -0.15) is 0 Å². The standard InChI is InChI=1S/C23H21NO5S2/c1-13-8-10-31-22(13)19-18(20(25)16-11-14(28-2)6-7-17(16)29-3)21(26)23(27)24(19)12-15-5-4-9-30-15/h4-11,19,25H,12H2,1-3H3/b20-18+. The highest BCUT2D eigenvalue weighted by molar-refractivity contribution is 7.10. The van der Waals surface area contributed by atoms with E-state index in [9.17, 15) is 14.7 Å². The maximum absolute atomic E-state index is 13.2. The summed E-state index contributed by atoms with van der Waals surface area (Å²) >= 11 is 2.97. The number of aliphatic hydroxyl groups is 1. The number of likely N-dealkylation sites (tertiary alicyclic amines) is 1. The van der Waals surface area contributed by atoms with Crippen LogP contribution < -0.4 is 9.47 Å². The summed E-state index contributed by atoms with van der Waals surface area (Å²) in [4.78, 5) is 29.6. The molecule has 1 amide bonds. The van der Waals surface area contributed by atoms with Crippen molar-refractivity contribution in [3.63, 3.8) is 0 Å². The minimum Gasteiger partial charge on any atom is -0.507 e. The van der Waals surface area contributed by atoms with Crippen LogP contribution in [0.5, 0.6) is 11.5 Å². The van der Waals surface area contributed by atoms with Gasteiger partial charge in [-0.1, -0.05) is 6.07 Å². The number of rotatable bonds is 6. The molecule has 1 N–H and O–H groups in total. The van der Waals surface area contributed by atoms with E-state index in [0.29, 0.717) is 17.1 Å². The lowest BCUT2D eigenvalue weighted by Gasteiger charge is -2.24. The number of ether oxygens (including phenoxy) is 2. The fourth-order valence-electron chi connectivity index (χ4n) is 3.69. The molecule has 6 nitrogen and oxygen atoms in total. The lowest BCUT2D eigenvalue weighted by atomic mass is 9.97. The lowest BCUT2D eigenvalue weighted by Crippen LogP contribution is -2.28. The minimum atomic E-state index is -0.711. The largest absolute Gasteiger partial charge is 0.507 e. The van der Waals surface area contributed by atoms with Crippen LogP contribution in [0, 0.1) is 6.92 Å². The second kappa shape index (κ2) is 8.56. The average molecular weight is 456 g/mol. The third-order valence-electron chi connectivity index (χ3n) is 5.26. The van der Waals surface area contributed by atoms with Crippen molar-refractivity contribution in [2.24, 2.45) is 0 Å². The summed E-state index contributed by atoms with van der Waals surface area (Å²) in [5, 5.41) is 15.1. The number of benzene rings is 1. The number of nitrogens with zero attached hydrogens (tertiary/aromatic N) is 1. The summed E-state index contributed by atoms with van der Waals surface area (Å²) in [5.41, 5.74) is 1.31. The predicted molar refractivity (Wildman–Crippen MR) is 121 cm³/mol. The molecule has 1 fully saturated rings. The van der Waals surface area contributed by atoms with Crippen LogP contribution in [-0.2, 0) is 16.1 Å². The first-order chi connectivity index (χ1) is 15.0. The van der Waals surface area contributed by atoms with Crippen molar-refractivity contribution in [2.75, 3.05) is 14.2 Å². The molecule has 1 saturated heterocycles. The lowest BCUT2D eigenvalue weighted by molar-refractivity contribution is -0.140. The van der Waals surface area contributed by atoms with E-state index >= 15 is 0 Å². The van der Waals surface area contributed by atoms with E-state index in [2.05, 4.69) is 0 Å². The summed E-state index contributed by atoms with van der Waals surface area (Å²) in [7, 11) is 3.00. The number of amides is 1. The zero-order valence-electron chi connectivity index (χ0n) is 17.2. The van der Waals surface area contributed by atoms with E-state index in [-0.39, 0.29) is 17.9 Å². The summed E-state index contributed by atoms with van der Waals surface area (Å²) in [6.07, 6.45) is 0. The van der Waals surface area contributed by atoms with E-state index in [1.54, 1.807) is 18.2 Å². The number of hydrogen-bond acceptors (Lipinski definition) is 7. The molecule has 1 unspecified atom stereocenters. The van der Waals surface area contributed by atoms with Crippen LogP contribution >= 0.6 is 22.7 Å². The van der Waals surface area contributed by atoms with Gasteiger partial charge in [-0.3, -0.25) is 9.59 Å². The number of thiophene rings is 2. The van der Waals surface area contributed by atoms with Crippen molar-refractivity contribution in [2.45, 2.75) is 19.5 Å². The van der Waals surface area contributed by atoms with Gasteiger partial charge in [0.2, 0.25) is 0 Å². The molecule has 1 aliphatic rings. The number of carbonyl (C=O) groups excluding carboxylic acids is 2. The highest BCUT2D eigenvalue weighted by Gasteiger charge is 2.47. The molecule has 3 aromatic rings. The minimum absolute atomic E-state index is 0.0543. The van der Waals surface area contributed by atoms with E-state index < -0.39 is 17.7 Å². The van der Waals surface area contributed by atoms with Gasteiger partial charge in [0.25, 0.3) is 11.7 Å². The maximum atomic E-state index is 13.2. The first kappa shape index (κ1) is 21.1. The van der Waals surface area contributed by atoms with E-state index in [4.69, 9.17) is 9.47 Å². The molecule has 0 aliphatic carbocycles. The van der Waals surface area contributed by atoms with Crippen molar-refractivity contribution < 1.29 is 24.2 Å². The second-order valence-corrected chi connectivity index (χ2v) is 9.02. The Morgan fingerprint density at radius 1 is 1.10 bits per heavy atom. The van der Waals surface area contributed by atoms with Crippen LogP contribution in [0.4, 0.5) is 0 Å². The summed E-state index contributed by atoms with van der Waals surface area (Å²) in [6.45, 7) is 2.22. The highest BCUT2D eigenvalue weighted by atomic mass is 32.1. The van der Waals surface area contributed by atoms with Gasteiger partial charge in [-0.05, 0) is 53.6 Å². The molecule has 31 heavy (non-hydrogen) atoms. The Bertz CT molecular complexity index is 1160. The number of methoxy groups -OCH3 is 2. The predicted octanol–water partition coefficient (Wildman–Crippen LogP) is 4.76. The van der Waals surface area contributed by atoms with Gasteiger partial charge in [0.05, 0.1) is 31.9 Å². The highest BCUT2D eigenvalue weighted by Crippen LogP contribution is 2.44. The summed E-state index contributed by atoms with van der Waals surface area (Å²) in [6, 6.07) is 10.0. The van der Waals surface area contributed by atoms with E-state index in [0.717, 1.165) is 15.3 Å². The van der Waals surface area contributed by atoms with Crippen LogP contribution in [0.15, 0.2) is 52.7 Å². The van der Waals surface area contributed by atoms with Gasteiger partial charge >= 0.3 is 0 Å². The van der Waals surface area contributed by atoms with Crippen LogP contribution in [0.3, 0.4) is 0 Å². The smallest absolute Gasteiger partial charge is 0.296 e. The molecule has 3 heterocycles. The van der Waals surface area contributed by atoms with Crippen LogP contribution in [0.1, 0.15) is 26.9 Å².